The lowest BCUT2D eigenvalue weighted by molar-refractivity contribution is -0.113. The molecule has 1 amide bonds. The molecule has 29 heavy (non-hydrogen) atoms. The Bertz CT molecular complexity index is 1150. The molecule has 1 N–H and O–H groups in total. The molecule has 0 saturated carbocycles. The number of anilines is 1. The standard InChI is InChI=1S/C24H20N2O2S/c1-16-8-3-5-12-20(16)25-24-26(21-13-6-4-9-17(21)2)23(28)22(29-24)15-18-10-7-11-19(27)14-18/h3-15,27H,1-2H3. The molecule has 0 aliphatic carbocycles. The summed E-state index contributed by atoms with van der Waals surface area (Å²) in [7, 11) is 0. The molecule has 0 unspecified atom stereocenters. The number of thioether (sulfide) groups is 1. The molecule has 1 heterocycles. The molecule has 144 valence electrons. The van der Waals surface area contributed by atoms with E-state index in [1.165, 1.54) is 11.8 Å². The molecule has 0 atom stereocenters. The summed E-state index contributed by atoms with van der Waals surface area (Å²) in [5, 5.41) is 10.4. The smallest absolute Gasteiger partial charge is 0.271 e. The zero-order valence-corrected chi connectivity index (χ0v) is 17.0. The number of amides is 1. The van der Waals surface area contributed by atoms with Crippen LogP contribution in [-0.2, 0) is 4.79 Å². The number of rotatable bonds is 3. The van der Waals surface area contributed by atoms with Gasteiger partial charge in [-0.05, 0) is 72.6 Å². The highest BCUT2D eigenvalue weighted by Gasteiger charge is 2.35. The van der Waals surface area contributed by atoms with Crippen molar-refractivity contribution < 1.29 is 9.90 Å². The molecule has 0 spiro atoms. The van der Waals surface area contributed by atoms with Gasteiger partial charge in [0.05, 0.1) is 16.3 Å². The molecule has 0 aromatic heterocycles. The predicted octanol–water partition coefficient (Wildman–Crippen LogP) is 5.82. The number of carbonyl (C=O) groups excluding carboxylic acids is 1. The Labute approximate surface area is 174 Å². The molecule has 0 radical (unpaired) electrons. The highest BCUT2D eigenvalue weighted by atomic mass is 32.2. The first-order valence-electron chi connectivity index (χ1n) is 9.26. The van der Waals surface area contributed by atoms with Crippen molar-refractivity contribution in [1.82, 2.24) is 0 Å². The van der Waals surface area contributed by atoms with Crippen molar-refractivity contribution in [3.8, 4) is 5.75 Å². The monoisotopic (exact) mass is 400 g/mol. The third-order valence-electron chi connectivity index (χ3n) is 4.66. The highest BCUT2D eigenvalue weighted by Crippen LogP contribution is 2.38. The summed E-state index contributed by atoms with van der Waals surface area (Å²) in [5.41, 5.74) is 4.46. The summed E-state index contributed by atoms with van der Waals surface area (Å²) in [6.07, 6.45) is 1.79. The molecule has 1 fully saturated rings. The van der Waals surface area contributed by atoms with E-state index in [0.717, 1.165) is 28.1 Å². The molecular weight excluding hydrogens is 380 g/mol. The topological polar surface area (TPSA) is 52.9 Å². The molecule has 3 aromatic rings. The van der Waals surface area contributed by atoms with Gasteiger partial charge in [-0.3, -0.25) is 9.69 Å². The van der Waals surface area contributed by atoms with E-state index in [4.69, 9.17) is 4.99 Å². The summed E-state index contributed by atoms with van der Waals surface area (Å²) in [4.78, 5) is 20.4. The number of amidine groups is 1. The summed E-state index contributed by atoms with van der Waals surface area (Å²) < 4.78 is 0. The van der Waals surface area contributed by atoms with E-state index in [0.29, 0.717) is 10.1 Å². The number of nitrogens with zero attached hydrogens (tertiary/aromatic N) is 2. The average Bonchev–Trinajstić information content (AvgIpc) is 2.99. The maximum atomic E-state index is 13.3. The summed E-state index contributed by atoms with van der Waals surface area (Å²) in [6, 6.07) is 22.5. The van der Waals surface area contributed by atoms with Crippen LogP contribution in [0, 0.1) is 13.8 Å². The van der Waals surface area contributed by atoms with Gasteiger partial charge < -0.3 is 5.11 Å². The number of para-hydroxylation sites is 2. The molecular formula is C24H20N2O2S. The first kappa shape index (κ1) is 19.0. The van der Waals surface area contributed by atoms with Crippen LogP contribution in [0.5, 0.6) is 5.75 Å². The van der Waals surface area contributed by atoms with Crippen LogP contribution in [-0.4, -0.2) is 16.2 Å². The number of carbonyl (C=O) groups is 1. The van der Waals surface area contributed by atoms with Crippen LogP contribution in [0.2, 0.25) is 0 Å². The van der Waals surface area contributed by atoms with Crippen LogP contribution >= 0.6 is 11.8 Å². The zero-order chi connectivity index (χ0) is 20.4. The van der Waals surface area contributed by atoms with Crippen LogP contribution in [0.4, 0.5) is 11.4 Å². The Morgan fingerprint density at radius 3 is 2.38 bits per heavy atom. The van der Waals surface area contributed by atoms with Crippen LogP contribution in [0.1, 0.15) is 16.7 Å². The number of phenols is 1. The van der Waals surface area contributed by atoms with Crippen LogP contribution < -0.4 is 4.90 Å². The molecule has 4 nitrogen and oxygen atoms in total. The first-order valence-corrected chi connectivity index (χ1v) is 10.1. The van der Waals surface area contributed by atoms with E-state index in [2.05, 4.69) is 0 Å². The number of hydrogen-bond donors (Lipinski definition) is 1. The maximum absolute atomic E-state index is 13.3. The van der Waals surface area contributed by atoms with Crippen molar-refractivity contribution in [2.45, 2.75) is 13.8 Å². The Hall–Kier alpha value is -3.31. The molecule has 3 aromatic carbocycles. The van der Waals surface area contributed by atoms with Gasteiger partial charge in [-0.25, -0.2) is 4.99 Å². The van der Waals surface area contributed by atoms with E-state index in [-0.39, 0.29) is 11.7 Å². The van der Waals surface area contributed by atoms with E-state index >= 15 is 0 Å². The SMILES string of the molecule is Cc1ccccc1N=C1SC(=Cc2cccc(O)c2)C(=O)N1c1ccccc1C. The Morgan fingerprint density at radius 2 is 1.66 bits per heavy atom. The molecule has 1 saturated heterocycles. The van der Waals surface area contributed by atoms with Gasteiger partial charge in [0.2, 0.25) is 0 Å². The van der Waals surface area contributed by atoms with E-state index in [1.54, 1.807) is 29.2 Å². The second-order valence-electron chi connectivity index (χ2n) is 6.81. The summed E-state index contributed by atoms with van der Waals surface area (Å²) >= 11 is 1.34. The number of aryl methyl sites for hydroxylation is 2. The van der Waals surface area contributed by atoms with E-state index in [1.807, 2.05) is 68.4 Å². The van der Waals surface area contributed by atoms with Crippen molar-refractivity contribution in [3.63, 3.8) is 0 Å². The fourth-order valence-corrected chi connectivity index (χ4v) is 4.12. The highest BCUT2D eigenvalue weighted by molar-refractivity contribution is 8.19. The lowest BCUT2D eigenvalue weighted by Gasteiger charge is -2.18. The fraction of sp³-hybridized carbons (Fsp3) is 0.0833. The van der Waals surface area contributed by atoms with Gasteiger partial charge in [-0.1, -0.05) is 48.5 Å². The van der Waals surface area contributed by atoms with Crippen molar-refractivity contribution in [2.24, 2.45) is 4.99 Å². The van der Waals surface area contributed by atoms with Gasteiger partial charge in [0.1, 0.15) is 5.75 Å². The lowest BCUT2D eigenvalue weighted by Crippen LogP contribution is -2.29. The van der Waals surface area contributed by atoms with Crippen molar-refractivity contribution in [3.05, 3.63) is 94.4 Å². The number of aliphatic imine (C=N–C) groups is 1. The maximum Gasteiger partial charge on any atom is 0.271 e. The van der Waals surface area contributed by atoms with Gasteiger partial charge in [-0.15, -0.1) is 0 Å². The minimum atomic E-state index is -0.125. The Morgan fingerprint density at radius 1 is 0.931 bits per heavy atom. The molecule has 1 aliphatic heterocycles. The normalized spacial score (nSPS) is 16.8. The van der Waals surface area contributed by atoms with Crippen molar-refractivity contribution >= 4 is 40.3 Å². The van der Waals surface area contributed by atoms with Gasteiger partial charge in [0.25, 0.3) is 5.91 Å². The predicted molar refractivity (Wildman–Crippen MR) is 121 cm³/mol. The van der Waals surface area contributed by atoms with Gasteiger partial charge >= 0.3 is 0 Å². The lowest BCUT2D eigenvalue weighted by atomic mass is 10.1. The second kappa shape index (κ2) is 7.97. The summed E-state index contributed by atoms with van der Waals surface area (Å²) in [6.45, 7) is 3.98. The second-order valence-corrected chi connectivity index (χ2v) is 7.82. The number of phenolic OH excluding ortho intramolecular Hbond substituents is 1. The number of hydrogen-bond acceptors (Lipinski definition) is 4. The van der Waals surface area contributed by atoms with Crippen LogP contribution in [0.25, 0.3) is 6.08 Å². The van der Waals surface area contributed by atoms with Crippen LogP contribution in [0.3, 0.4) is 0 Å². The third-order valence-corrected chi connectivity index (χ3v) is 5.63. The van der Waals surface area contributed by atoms with Crippen molar-refractivity contribution in [1.29, 1.82) is 0 Å². The quantitative estimate of drug-likeness (QED) is 0.564. The first-order chi connectivity index (χ1) is 14.0. The number of aromatic hydroxyl groups is 1. The third kappa shape index (κ3) is 3.96. The largest absolute Gasteiger partial charge is 0.508 e. The summed E-state index contributed by atoms with van der Waals surface area (Å²) in [5.74, 6) is 0.0410. The van der Waals surface area contributed by atoms with Crippen LogP contribution in [0.15, 0.2) is 82.7 Å². The van der Waals surface area contributed by atoms with E-state index < -0.39 is 0 Å². The zero-order valence-electron chi connectivity index (χ0n) is 16.2. The molecule has 5 heteroatoms. The fourth-order valence-electron chi connectivity index (χ4n) is 3.13. The van der Waals surface area contributed by atoms with Gasteiger partial charge in [0, 0.05) is 0 Å². The van der Waals surface area contributed by atoms with E-state index in [9.17, 15) is 9.90 Å². The minimum absolute atomic E-state index is 0.125. The number of benzene rings is 3. The Balaban J connectivity index is 1.82. The van der Waals surface area contributed by atoms with Crippen molar-refractivity contribution in [2.75, 3.05) is 4.90 Å². The Kier molecular flexibility index (Phi) is 5.23. The molecule has 1 aliphatic rings. The average molecular weight is 401 g/mol. The minimum Gasteiger partial charge on any atom is -0.508 e. The van der Waals surface area contributed by atoms with Gasteiger partial charge in [-0.2, -0.15) is 0 Å². The molecule has 0 bridgehead atoms. The van der Waals surface area contributed by atoms with Gasteiger partial charge in [0.15, 0.2) is 5.17 Å². The molecule has 4 rings (SSSR count).